The van der Waals surface area contributed by atoms with Crippen molar-refractivity contribution in [1.82, 2.24) is 4.90 Å². The first kappa shape index (κ1) is 21.2. The third-order valence-corrected chi connectivity index (χ3v) is 7.25. The normalized spacial score (nSPS) is 29.2. The summed E-state index contributed by atoms with van der Waals surface area (Å²) in [5.74, 6) is 1.53. The molecule has 0 spiro atoms. The van der Waals surface area contributed by atoms with Gasteiger partial charge in [0.15, 0.2) is 13.1 Å². The number of anilines is 1. The molecule has 7 heteroatoms. The van der Waals surface area contributed by atoms with Crippen LogP contribution in [0.25, 0.3) is 0 Å². The predicted octanol–water partition coefficient (Wildman–Crippen LogP) is -0.414. The molecule has 1 aliphatic carbocycles. The van der Waals surface area contributed by atoms with E-state index in [1.54, 1.807) is 12.1 Å². The number of likely N-dealkylation sites (tertiary alicyclic amines) is 1. The minimum Gasteiger partial charge on any atom is -0.338 e. The molecule has 0 aromatic heterocycles. The molecule has 2 saturated heterocycles. The Hall–Kier alpha value is -1.99. The van der Waals surface area contributed by atoms with Gasteiger partial charge in [-0.2, -0.15) is 0 Å². The van der Waals surface area contributed by atoms with E-state index in [4.69, 9.17) is 0 Å². The van der Waals surface area contributed by atoms with Gasteiger partial charge in [-0.3, -0.25) is 9.59 Å². The van der Waals surface area contributed by atoms with Gasteiger partial charge in [-0.05, 0) is 48.9 Å². The van der Waals surface area contributed by atoms with Gasteiger partial charge in [0, 0.05) is 18.8 Å². The van der Waals surface area contributed by atoms with Gasteiger partial charge in [0.2, 0.25) is 0 Å². The van der Waals surface area contributed by atoms with Crippen LogP contribution in [-0.2, 0) is 9.59 Å². The summed E-state index contributed by atoms with van der Waals surface area (Å²) in [6, 6.07) is 5.84. The third-order valence-electron chi connectivity index (χ3n) is 7.25. The number of nitrogens with one attached hydrogen (secondary N) is 3. The molecule has 1 aromatic carbocycles. The number of carbonyl (C=O) groups excluding carboxylic acids is 2. The molecule has 0 bridgehead atoms. The van der Waals surface area contributed by atoms with Crippen molar-refractivity contribution in [3.8, 4) is 0 Å². The van der Waals surface area contributed by atoms with Crippen LogP contribution in [0.3, 0.4) is 0 Å². The molecule has 3 aliphatic rings. The van der Waals surface area contributed by atoms with Crippen molar-refractivity contribution in [3.05, 3.63) is 30.1 Å². The van der Waals surface area contributed by atoms with Crippen LogP contribution in [0.1, 0.15) is 32.1 Å². The summed E-state index contributed by atoms with van der Waals surface area (Å²) in [6.45, 7) is 6.54. The van der Waals surface area contributed by atoms with Crippen LogP contribution >= 0.6 is 0 Å². The first-order chi connectivity index (χ1) is 14.6. The van der Waals surface area contributed by atoms with Gasteiger partial charge >= 0.3 is 0 Å². The zero-order chi connectivity index (χ0) is 20.9. The zero-order valence-electron chi connectivity index (χ0n) is 17.8. The van der Waals surface area contributed by atoms with E-state index in [1.165, 1.54) is 54.0 Å². The second kappa shape index (κ2) is 9.88. The van der Waals surface area contributed by atoms with E-state index in [0.29, 0.717) is 24.7 Å². The van der Waals surface area contributed by atoms with Crippen molar-refractivity contribution in [2.45, 2.75) is 32.1 Å². The fourth-order valence-electron chi connectivity index (χ4n) is 5.43. The first-order valence-corrected chi connectivity index (χ1v) is 11.6. The smallest absolute Gasteiger partial charge is 0.279 e. The summed E-state index contributed by atoms with van der Waals surface area (Å²) in [4.78, 5) is 29.8. The SMILES string of the molecule is O=C(C[NH+]1CC[NH+](CC(=O)N2CC[C@H]3CCCC[C@H]3C2)CC1)Nc1ccc(F)cc1. The maximum absolute atomic E-state index is 13.0. The molecule has 2 atom stereocenters. The van der Waals surface area contributed by atoms with Crippen molar-refractivity contribution in [1.29, 1.82) is 0 Å². The molecule has 2 amide bonds. The number of carbonyl (C=O) groups is 2. The van der Waals surface area contributed by atoms with Crippen LogP contribution in [0.15, 0.2) is 24.3 Å². The highest BCUT2D eigenvalue weighted by Gasteiger charge is 2.34. The van der Waals surface area contributed by atoms with E-state index >= 15 is 0 Å². The van der Waals surface area contributed by atoms with Crippen LogP contribution < -0.4 is 15.1 Å². The number of quaternary nitrogens is 2. The van der Waals surface area contributed by atoms with Crippen molar-refractivity contribution in [2.24, 2.45) is 11.8 Å². The highest BCUT2D eigenvalue weighted by molar-refractivity contribution is 5.91. The monoisotopic (exact) mass is 418 g/mol. The molecule has 6 nitrogen and oxygen atoms in total. The van der Waals surface area contributed by atoms with Gasteiger partial charge in [-0.25, -0.2) is 4.39 Å². The Balaban J connectivity index is 1.17. The second-order valence-corrected chi connectivity index (χ2v) is 9.34. The summed E-state index contributed by atoms with van der Waals surface area (Å²) < 4.78 is 13.0. The summed E-state index contributed by atoms with van der Waals surface area (Å²) in [6.07, 6.45) is 6.54. The third kappa shape index (κ3) is 5.58. The summed E-state index contributed by atoms with van der Waals surface area (Å²) in [5.41, 5.74) is 0.623. The highest BCUT2D eigenvalue weighted by Crippen LogP contribution is 2.35. The second-order valence-electron chi connectivity index (χ2n) is 9.34. The number of nitrogens with zero attached hydrogens (tertiary/aromatic N) is 1. The molecule has 1 aromatic rings. The first-order valence-electron chi connectivity index (χ1n) is 11.6. The predicted molar refractivity (Wildman–Crippen MR) is 113 cm³/mol. The molecule has 164 valence electrons. The Morgan fingerprint density at radius 3 is 2.27 bits per heavy atom. The summed E-state index contributed by atoms with van der Waals surface area (Å²) in [7, 11) is 0. The Bertz CT molecular complexity index is 733. The van der Waals surface area contributed by atoms with E-state index in [1.807, 2.05) is 0 Å². The number of rotatable bonds is 5. The van der Waals surface area contributed by atoms with Crippen LogP contribution in [0, 0.1) is 17.7 Å². The number of amides is 2. The van der Waals surface area contributed by atoms with Crippen LogP contribution in [0.2, 0.25) is 0 Å². The highest BCUT2D eigenvalue weighted by atomic mass is 19.1. The Morgan fingerprint density at radius 2 is 1.57 bits per heavy atom. The maximum atomic E-state index is 13.0. The Labute approximate surface area is 178 Å². The molecule has 2 heterocycles. The average molecular weight is 419 g/mol. The molecule has 4 rings (SSSR count). The van der Waals surface area contributed by atoms with Crippen molar-refractivity contribution >= 4 is 17.5 Å². The minimum atomic E-state index is -0.310. The lowest BCUT2D eigenvalue weighted by Crippen LogP contribution is -3.28. The number of benzene rings is 1. The van der Waals surface area contributed by atoms with Crippen molar-refractivity contribution < 1.29 is 23.8 Å². The largest absolute Gasteiger partial charge is 0.338 e. The maximum Gasteiger partial charge on any atom is 0.279 e. The van der Waals surface area contributed by atoms with Gasteiger partial charge in [0.25, 0.3) is 11.8 Å². The zero-order valence-corrected chi connectivity index (χ0v) is 17.8. The molecule has 0 radical (unpaired) electrons. The molecule has 3 N–H and O–H groups in total. The number of hydrogen-bond acceptors (Lipinski definition) is 2. The quantitative estimate of drug-likeness (QED) is 0.609. The van der Waals surface area contributed by atoms with Gasteiger partial charge in [0.05, 0.1) is 0 Å². The van der Waals surface area contributed by atoms with Crippen LogP contribution in [0.4, 0.5) is 10.1 Å². The number of hydrogen-bond donors (Lipinski definition) is 3. The van der Waals surface area contributed by atoms with Crippen LogP contribution in [0.5, 0.6) is 0 Å². The molecule has 30 heavy (non-hydrogen) atoms. The van der Waals surface area contributed by atoms with E-state index in [-0.39, 0.29) is 11.7 Å². The minimum absolute atomic E-state index is 0.0495. The molecule has 2 aliphatic heterocycles. The van der Waals surface area contributed by atoms with Gasteiger partial charge in [-0.1, -0.05) is 19.3 Å². The Morgan fingerprint density at radius 1 is 0.933 bits per heavy atom. The van der Waals surface area contributed by atoms with Crippen molar-refractivity contribution in [2.75, 3.05) is 57.7 Å². The lowest BCUT2D eigenvalue weighted by molar-refractivity contribution is -1.00. The molecule has 3 fully saturated rings. The van der Waals surface area contributed by atoms with Crippen LogP contribution in [-0.4, -0.2) is 69.1 Å². The number of halogens is 1. The number of piperazine rings is 1. The molecule has 0 unspecified atom stereocenters. The number of fused-ring (bicyclic) bond motifs is 1. The van der Waals surface area contributed by atoms with E-state index in [2.05, 4.69) is 10.2 Å². The molecular weight excluding hydrogens is 383 g/mol. The summed E-state index contributed by atoms with van der Waals surface area (Å²) >= 11 is 0. The Kier molecular flexibility index (Phi) is 7.00. The fourth-order valence-corrected chi connectivity index (χ4v) is 5.43. The van der Waals surface area contributed by atoms with Crippen molar-refractivity contribution in [3.63, 3.8) is 0 Å². The van der Waals surface area contributed by atoms with E-state index in [0.717, 1.165) is 51.1 Å². The van der Waals surface area contributed by atoms with E-state index < -0.39 is 0 Å². The fraction of sp³-hybridized carbons (Fsp3) is 0.652. The average Bonchev–Trinajstić information content (AvgIpc) is 2.76. The summed E-state index contributed by atoms with van der Waals surface area (Å²) in [5, 5.41) is 2.83. The molecular formula is C23H35FN4O2+2. The number of piperidine rings is 1. The van der Waals surface area contributed by atoms with Gasteiger partial charge in [-0.15, -0.1) is 0 Å². The topological polar surface area (TPSA) is 58.3 Å². The van der Waals surface area contributed by atoms with Gasteiger partial charge < -0.3 is 20.0 Å². The van der Waals surface area contributed by atoms with Gasteiger partial charge in [0.1, 0.15) is 32.0 Å². The standard InChI is InChI=1S/C23H33FN4O2/c24-20-5-7-21(8-6-20)25-22(29)16-26-11-13-27(14-12-26)17-23(30)28-10-9-18-3-1-2-4-19(18)15-28/h5-8,18-19H,1-4,9-17H2,(H,25,29)/p+2/t18-,19+/m1/s1. The lowest BCUT2D eigenvalue weighted by Gasteiger charge is -2.41. The molecule has 1 saturated carbocycles. The van der Waals surface area contributed by atoms with E-state index in [9.17, 15) is 14.0 Å². The lowest BCUT2D eigenvalue weighted by atomic mass is 9.75.